The average molecular weight is 389 g/mol. The Balaban J connectivity index is 2.15. The highest BCUT2D eigenvalue weighted by Gasteiger charge is 2.29. The fourth-order valence-corrected chi connectivity index (χ4v) is 3.90. The summed E-state index contributed by atoms with van der Waals surface area (Å²) < 4.78 is 0.991. The molecule has 0 aliphatic heterocycles. The van der Waals surface area contributed by atoms with Crippen molar-refractivity contribution in [3.8, 4) is 0 Å². The van der Waals surface area contributed by atoms with Crippen molar-refractivity contribution in [2.75, 3.05) is 7.05 Å². The summed E-state index contributed by atoms with van der Waals surface area (Å²) in [4.78, 5) is 14.9. The number of alkyl halides is 1. The summed E-state index contributed by atoms with van der Waals surface area (Å²) in [6.07, 6.45) is 4.71. The first kappa shape index (κ1) is 15.0. The van der Waals surface area contributed by atoms with Crippen molar-refractivity contribution in [3.63, 3.8) is 0 Å². The molecular weight excluding hydrogens is 370 g/mol. The van der Waals surface area contributed by atoms with Gasteiger partial charge in [-0.1, -0.05) is 50.8 Å². The Morgan fingerprint density at radius 1 is 1.32 bits per heavy atom. The molecule has 0 radical (unpaired) electrons. The first-order valence-corrected chi connectivity index (χ1v) is 8.39. The van der Waals surface area contributed by atoms with Crippen LogP contribution in [0.15, 0.2) is 22.7 Å². The lowest BCUT2D eigenvalue weighted by molar-refractivity contribution is 0.0704. The second-order valence-corrected chi connectivity index (χ2v) is 7.28. The van der Waals surface area contributed by atoms with Crippen LogP contribution in [0.2, 0.25) is 0 Å². The lowest BCUT2D eigenvalue weighted by Crippen LogP contribution is -2.44. The first-order chi connectivity index (χ1) is 9.00. The third-order valence-electron chi connectivity index (χ3n) is 3.88. The van der Waals surface area contributed by atoms with E-state index in [2.05, 4.69) is 31.9 Å². The predicted octanol–water partition coefficient (Wildman–Crippen LogP) is 4.54. The Morgan fingerprint density at radius 3 is 2.63 bits per heavy atom. The number of carbonyl (C=O) groups excluding carboxylic acids is 1. The van der Waals surface area contributed by atoms with Gasteiger partial charge in [0, 0.05) is 28.0 Å². The second-order valence-electron chi connectivity index (χ2n) is 5.25. The quantitative estimate of drug-likeness (QED) is 0.681. The zero-order valence-corrected chi connectivity index (χ0v) is 14.5. The van der Waals surface area contributed by atoms with Crippen LogP contribution in [0, 0.1) is 6.92 Å². The van der Waals surface area contributed by atoms with Gasteiger partial charge in [0.25, 0.3) is 5.91 Å². The number of carbonyl (C=O) groups is 1. The van der Waals surface area contributed by atoms with Gasteiger partial charge in [-0.3, -0.25) is 4.79 Å². The van der Waals surface area contributed by atoms with E-state index >= 15 is 0 Å². The molecule has 0 heterocycles. The minimum atomic E-state index is 0.108. The van der Waals surface area contributed by atoms with Crippen molar-refractivity contribution >= 4 is 37.8 Å². The molecule has 0 saturated heterocycles. The molecule has 104 valence electrons. The first-order valence-electron chi connectivity index (χ1n) is 6.68. The molecular formula is C15H19Br2NO. The van der Waals surface area contributed by atoms with Crippen LogP contribution in [-0.4, -0.2) is 28.7 Å². The number of halogens is 2. The lowest BCUT2D eigenvalue weighted by Gasteiger charge is -2.35. The maximum absolute atomic E-state index is 12.5. The maximum Gasteiger partial charge on any atom is 0.253 e. The van der Waals surface area contributed by atoms with Gasteiger partial charge in [0.05, 0.1) is 0 Å². The molecule has 0 bridgehead atoms. The highest BCUT2D eigenvalue weighted by molar-refractivity contribution is 9.10. The van der Waals surface area contributed by atoms with Gasteiger partial charge in [-0.15, -0.1) is 0 Å². The van der Waals surface area contributed by atoms with Gasteiger partial charge in [0.2, 0.25) is 0 Å². The molecule has 1 amide bonds. The molecule has 2 atom stereocenters. The largest absolute Gasteiger partial charge is 0.338 e. The van der Waals surface area contributed by atoms with Crippen molar-refractivity contribution in [1.82, 2.24) is 4.90 Å². The third kappa shape index (κ3) is 3.40. The van der Waals surface area contributed by atoms with Crippen LogP contribution in [0.4, 0.5) is 0 Å². The Morgan fingerprint density at radius 2 is 2.00 bits per heavy atom. The average Bonchev–Trinajstić information content (AvgIpc) is 2.41. The van der Waals surface area contributed by atoms with Crippen molar-refractivity contribution in [2.45, 2.75) is 43.5 Å². The van der Waals surface area contributed by atoms with Gasteiger partial charge in [0.15, 0.2) is 0 Å². The fraction of sp³-hybridized carbons (Fsp3) is 0.533. The van der Waals surface area contributed by atoms with Gasteiger partial charge in [-0.25, -0.2) is 0 Å². The second kappa shape index (κ2) is 6.40. The van der Waals surface area contributed by atoms with Gasteiger partial charge in [0.1, 0.15) is 0 Å². The van der Waals surface area contributed by atoms with E-state index in [-0.39, 0.29) is 5.91 Å². The summed E-state index contributed by atoms with van der Waals surface area (Å²) in [5.74, 6) is 0.108. The summed E-state index contributed by atoms with van der Waals surface area (Å²) in [6, 6.07) is 6.12. The van der Waals surface area contributed by atoms with E-state index in [1.165, 1.54) is 12.8 Å². The van der Waals surface area contributed by atoms with E-state index in [4.69, 9.17) is 0 Å². The number of nitrogens with zero attached hydrogens (tertiary/aromatic N) is 1. The van der Waals surface area contributed by atoms with E-state index in [0.717, 1.165) is 28.4 Å². The van der Waals surface area contributed by atoms with Crippen molar-refractivity contribution in [3.05, 3.63) is 33.8 Å². The molecule has 1 fully saturated rings. The Bertz CT molecular complexity index is 475. The molecule has 1 aliphatic rings. The van der Waals surface area contributed by atoms with E-state index in [1.807, 2.05) is 37.1 Å². The maximum atomic E-state index is 12.5. The molecule has 2 rings (SSSR count). The number of aryl methyl sites for hydroxylation is 1. The summed E-state index contributed by atoms with van der Waals surface area (Å²) in [5.41, 5.74) is 1.90. The van der Waals surface area contributed by atoms with Gasteiger partial charge in [-0.2, -0.15) is 0 Å². The Hall–Kier alpha value is -0.350. The van der Waals surface area contributed by atoms with Gasteiger partial charge < -0.3 is 4.90 Å². The number of rotatable bonds is 2. The number of benzene rings is 1. The lowest BCUT2D eigenvalue weighted by atomic mass is 9.94. The van der Waals surface area contributed by atoms with E-state index in [0.29, 0.717) is 10.9 Å². The molecule has 2 nitrogen and oxygen atoms in total. The number of hydrogen-bond donors (Lipinski definition) is 0. The smallest absolute Gasteiger partial charge is 0.253 e. The van der Waals surface area contributed by atoms with Crippen molar-refractivity contribution in [1.29, 1.82) is 0 Å². The molecule has 1 saturated carbocycles. The van der Waals surface area contributed by atoms with Crippen LogP contribution < -0.4 is 0 Å². The highest BCUT2D eigenvalue weighted by Crippen LogP contribution is 2.29. The van der Waals surface area contributed by atoms with Crippen LogP contribution >= 0.6 is 31.9 Å². The van der Waals surface area contributed by atoms with Crippen LogP contribution in [0.5, 0.6) is 0 Å². The van der Waals surface area contributed by atoms with Crippen LogP contribution in [0.1, 0.15) is 41.6 Å². The highest BCUT2D eigenvalue weighted by atomic mass is 79.9. The monoisotopic (exact) mass is 387 g/mol. The van der Waals surface area contributed by atoms with Crippen LogP contribution in [0.25, 0.3) is 0 Å². The van der Waals surface area contributed by atoms with E-state index in [9.17, 15) is 4.79 Å². The molecule has 19 heavy (non-hydrogen) atoms. The Labute approximate surface area is 131 Å². The molecule has 1 aromatic carbocycles. The zero-order chi connectivity index (χ0) is 14.0. The fourth-order valence-electron chi connectivity index (χ4n) is 2.58. The summed E-state index contributed by atoms with van der Waals surface area (Å²) in [6.45, 7) is 2.03. The van der Waals surface area contributed by atoms with Crippen LogP contribution in [-0.2, 0) is 0 Å². The summed E-state index contributed by atoms with van der Waals surface area (Å²) >= 11 is 7.21. The zero-order valence-electron chi connectivity index (χ0n) is 11.3. The molecule has 0 N–H and O–H groups in total. The standard InChI is InChI=1S/C15H19Br2NO/c1-10-7-8-11(9-13(10)17)15(19)18(2)14-6-4-3-5-12(14)16/h7-9,12,14H,3-6H2,1-2H3. The molecule has 1 aromatic rings. The third-order valence-corrected chi connectivity index (χ3v) is 5.81. The van der Waals surface area contributed by atoms with Crippen molar-refractivity contribution in [2.24, 2.45) is 0 Å². The summed E-state index contributed by atoms with van der Waals surface area (Å²) in [5, 5.41) is 0. The van der Waals surface area contributed by atoms with E-state index in [1.54, 1.807) is 0 Å². The minimum Gasteiger partial charge on any atom is -0.338 e. The Kier molecular flexibility index (Phi) is 5.07. The molecule has 2 unspecified atom stereocenters. The normalized spacial score (nSPS) is 23.2. The number of amides is 1. The van der Waals surface area contributed by atoms with E-state index < -0.39 is 0 Å². The number of hydrogen-bond acceptors (Lipinski definition) is 1. The predicted molar refractivity (Wildman–Crippen MR) is 85.9 cm³/mol. The van der Waals surface area contributed by atoms with Gasteiger partial charge in [-0.05, 0) is 37.5 Å². The molecule has 1 aliphatic carbocycles. The van der Waals surface area contributed by atoms with Gasteiger partial charge >= 0.3 is 0 Å². The van der Waals surface area contributed by atoms with Crippen LogP contribution in [0.3, 0.4) is 0 Å². The minimum absolute atomic E-state index is 0.108. The SMILES string of the molecule is Cc1ccc(C(=O)N(C)C2CCCCC2Br)cc1Br. The summed E-state index contributed by atoms with van der Waals surface area (Å²) in [7, 11) is 1.92. The van der Waals surface area contributed by atoms with Crippen molar-refractivity contribution < 1.29 is 4.79 Å². The molecule has 0 spiro atoms. The molecule has 0 aromatic heterocycles. The molecule has 4 heteroatoms. The topological polar surface area (TPSA) is 20.3 Å².